The van der Waals surface area contributed by atoms with Gasteiger partial charge in [0.25, 0.3) is 0 Å². The van der Waals surface area contributed by atoms with Crippen molar-refractivity contribution in [2.45, 2.75) is 39.4 Å². The summed E-state index contributed by atoms with van der Waals surface area (Å²) in [5.74, 6) is 1.44. The molecule has 1 saturated heterocycles. The zero-order chi connectivity index (χ0) is 13.8. The lowest BCUT2D eigenvalue weighted by Crippen LogP contribution is -2.45. The van der Waals surface area contributed by atoms with Gasteiger partial charge in [-0.2, -0.15) is 4.98 Å². The SMILES string of the molecule is CCCOc1nc(N2CC(C)OC(C)C2)ccc1N. The predicted octanol–water partition coefficient (Wildman–Crippen LogP) is 2.07. The number of aromatic nitrogens is 1. The van der Waals surface area contributed by atoms with Crippen LogP contribution in [0.3, 0.4) is 0 Å². The van der Waals surface area contributed by atoms with Gasteiger partial charge in [-0.15, -0.1) is 0 Å². The summed E-state index contributed by atoms with van der Waals surface area (Å²) in [6.45, 7) is 8.54. The van der Waals surface area contributed by atoms with Crippen LogP contribution in [0.5, 0.6) is 5.88 Å². The van der Waals surface area contributed by atoms with E-state index in [4.69, 9.17) is 15.2 Å². The standard InChI is InChI=1S/C14H23N3O2/c1-4-7-18-14-12(15)5-6-13(16-14)17-8-10(2)19-11(3)9-17/h5-6,10-11H,4,7-9,15H2,1-3H3. The minimum absolute atomic E-state index is 0.211. The molecule has 5 nitrogen and oxygen atoms in total. The van der Waals surface area contributed by atoms with E-state index < -0.39 is 0 Å². The van der Waals surface area contributed by atoms with Crippen molar-refractivity contribution in [3.8, 4) is 5.88 Å². The Labute approximate surface area is 114 Å². The number of rotatable bonds is 4. The minimum atomic E-state index is 0.211. The van der Waals surface area contributed by atoms with Gasteiger partial charge >= 0.3 is 0 Å². The van der Waals surface area contributed by atoms with Crippen molar-refractivity contribution in [3.63, 3.8) is 0 Å². The molecule has 1 aliphatic heterocycles. The molecule has 2 heterocycles. The van der Waals surface area contributed by atoms with Crippen molar-refractivity contribution in [1.29, 1.82) is 0 Å². The molecule has 0 radical (unpaired) electrons. The number of nitrogen functional groups attached to an aromatic ring is 1. The fraction of sp³-hybridized carbons (Fsp3) is 0.643. The molecule has 19 heavy (non-hydrogen) atoms. The van der Waals surface area contributed by atoms with Crippen molar-refractivity contribution in [1.82, 2.24) is 4.98 Å². The zero-order valence-corrected chi connectivity index (χ0v) is 11.9. The normalized spacial score (nSPS) is 23.4. The van der Waals surface area contributed by atoms with Crippen LogP contribution in [0.1, 0.15) is 27.2 Å². The van der Waals surface area contributed by atoms with Crippen LogP contribution in [0.4, 0.5) is 11.5 Å². The number of ether oxygens (including phenoxy) is 2. The van der Waals surface area contributed by atoms with Crippen LogP contribution in [-0.4, -0.2) is 36.9 Å². The topological polar surface area (TPSA) is 60.6 Å². The molecule has 2 rings (SSSR count). The number of morpholine rings is 1. The van der Waals surface area contributed by atoms with E-state index in [2.05, 4.69) is 30.7 Å². The molecular formula is C14H23N3O2. The highest BCUT2D eigenvalue weighted by atomic mass is 16.5. The fourth-order valence-electron chi connectivity index (χ4n) is 2.30. The zero-order valence-electron chi connectivity index (χ0n) is 11.9. The van der Waals surface area contributed by atoms with Gasteiger partial charge in [-0.05, 0) is 32.4 Å². The first-order valence-corrected chi connectivity index (χ1v) is 6.90. The van der Waals surface area contributed by atoms with Crippen molar-refractivity contribution in [2.75, 3.05) is 30.3 Å². The molecule has 1 aromatic heterocycles. The Morgan fingerprint density at radius 2 is 2.05 bits per heavy atom. The number of anilines is 2. The quantitative estimate of drug-likeness (QED) is 0.903. The summed E-state index contributed by atoms with van der Waals surface area (Å²) in [7, 11) is 0. The highest BCUT2D eigenvalue weighted by molar-refractivity contribution is 5.54. The second kappa shape index (κ2) is 6.10. The fourth-order valence-corrected chi connectivity index (χ4v) is 2.30. The van der Waals surface area contributed by atoms with E-state index in [1.165, 1.54) is 0 Å². The molecule has 5 heteroatoms. The summed E-state index contributed by atoms with van der Waals surface area (Å²) in [5.41, 5.74) is 6.47. The average molecular weight is 265 g/mol. The third kappa shape index (κ3) is 3.50. The first-order chi connectivity index (χ1) is 9.10. The van der Waals surface area contributed by atoms with Gasteiger partial charge in [-0.1, -0.05) is 6.92 Å². The Bertz CT molecular complexity index is 415. The smallest absolute Gasteiger partial charge is 0.239 e. The number of nitrogens with two attached hydrogens (primary N) is 1. The first-order valence-electron chi connectivity index (χ1n) is 6.90. The van der Waals surface area contributed by atoms with Crippen LogP contribution in [0.25, 0.3) is 0 Å². The molecule has 2 unspecified atom stereocenters. The molecule has 2 N–H and O–H groups in total. The van der Waals surface area contributed by atoms with Gasteiger partial charge in [0.05, 0.1) is 24.5 Å². The van der Waals surface area contributed by atoms with Crippen molar-refractivity contribution in [2.24, 2.45) is 0 Å². The van der Waals surface area contributed by atoms with Crippen molar-refractivity contribution in [3.05, 3.63) is 12.1 Å². The largest absolute Gasteiger partial charge is 0.476 e. The highest BCUT2D eigenvalue weighted by Gasteiger charge is 2.23. The third-order valence-corrected chi connectivity index (χ3v) is 3.06. The number of hydrogen-bond acceptors (Lipinski definition) is 5. The highest BCUT2D eigenvalue weighted by Crippen LogP contribution is 2.25. The lowest BCUT2D eigenvalue weighted by Gasteiger charge is -2.36. The van der Waals surface area contributed by atoms with Crippen molar-refractivity contribution < 1.29 is 9.47 Å². The van der Waals surface area contributed by atoms with Gasteiger partial charge in [-0.3, -0.25) is 0 Å². The molecule has 1 aromatic rings. The Balaban J connectivity index is 2.15. The van der Waals surface area contributed by atoms with Gasteiger partial charge in [-0.25, -0.2) is 0 Å². The Kier molecular flexibility index (Phi) is 4.47. The van der Waals surface area contributed by atoms with Crippen LogP contribution in [0, 0.1) is 0 Å². The molecule has 1 fully saturated rings. The van der Waals surface area contributed by atoms with Gasteiger partial charge in [0.1, 0.15) is 5.82 Å². The Morgan fingerprint density at radius 3 is 2.68 bits per heavy atom. The van der Waals surface area contributed by atoms with Crippen molar-refractivity contribution >= 4 is 11.5 Å². The second-order valence-electron chi connectivity index (χ2n) is 5.07. The number of pyridine rings is 1. The molecule has 0 aromatic carbocycles. The molecule has 0 bridgehead atoms. The van der Waals surface area contributed by atoms with E-state index >= 15 is 0 Å². The molecular weight excluding hydrogens is 242 g/mol. The first kappa shape index (κ1) is 13.9. The monoisotopic (exact) mass is 265 g/mol. The number of hydrogen-bond donors (Lipinski definition) is 1. The lowest BCUT2D eigenvalue weighted by atomic mass is 10.2. The Morgan fingerprint density at radius 1 is 1.37 bits per heavy atom. The third-order valence-electron chi connectivity index (χ3n) is 3.06. The second-order valence-corrected chi connectivity index (χ2v) is 5.07. The maximum Gasteiger partial charge on any atom is 0.239 e. The summed E-state index contributed by atoms with van der Waals surface area (Å²) in [5, 5.41) is 0. The van der Waals surface area contributed by atoms with E-state index in [1.54, 1.807) is 0 Å². The molecule has 2 atom stereocenters. The molecule has 0 saturated carbocycles. The van der Waals surface area contributed by atoms with E-state index in [0.717, 1.165) is 25.3 Å². The summed E-state index contributed by atoms with van der Waals surface area (Å²) in [4.78, 5) is 6.74. The average Bonchev–Trinajstić information content (AvgIpc) is 2.36. The summed E-state index contributed by atoms with van der Waals surface area (Å²) < 4.78 is 11.3. The maximum atomic E-state index is 5.88. The van der Waals surface area contributed by atoms with Crippen LogP contribution in [-0.2, 0) is 4.74 Å². The van der Waals surface area contributed by atoms with Crippen LogP contribution < -0.4 is 15.4 Å². The van der Waals surface area contributed by atoms with E-state index in [9.17, 15) is 0 Å². The van der Waals surface area contributed by atoms with E-state index in [1.807, 2.05) is 12.1 Å². The van der Waals surface area contributed by atoms with Gasteiger partial charge in [0.2, 0.25) is 5.88 Å². The van der Waals surface area contributed by atoms with Crippen LogP contribution in [0.15, 0.2) is 12.1 Å². The van der Waals surface area contributed by atoms with Gasteiger partial charge < -0.3 is 20.1 Å². The lowest BCUT2D eigenvalue weighted by molar-refractivity contribution is -0.00548. The molecule has 0 amide bonds. The molecule has 1 aliphatic rings. The minimum Gasteiger partial charge on any atom is -0.476 e. The van der Waals surface area contributed by atoms with Crippen LogP contribution in [0.2, 0.25) is 0 Å². The summed E-state index contributed by atoms with van der Waals surface area (Å²) in [6, 6.07) is 3.80. The Hall–Kier alpha value is -1.49. The maximum absolute atomic E-state index is 5.88. The molecule has 0 aliphatic carbocycles. The summed E-state index contributed by atoms with van der Waals surface area (Å²) >= 11 is 0. The summed E-state index contributed by atoms with van der Waals surface area (Å²) in [6.07, 6.45) is 1.36. The predicted molar refractivity (Wildman–Crippen MR) is 76.7 cm³/mol. The molecule has 106 valence electrons. The van der Waals surface area contributed by atoms with Gasteiger partial charge in [0.15, 0.2) is 0 Å². The molecule has 0 spiro atoms. The van der Waals surface area contributed by atoms with E-state index in [0.29, 0.717) is 18.2 Å². The van der Waals surface area contributed by atoms with Crippen LogP contribution >= 0.6 is 0 Å². The van der Waals surface area contributed by atoms with Gasteiger partial charge in [0, 0.05) is 13.1 Å². The van der Waals surface area contributed by atoms with E-state index in [-0.39, 0.29) is 12.2 Å². The number of nitrogens with zero attached hydrogens (tertiary/aromatic N) is 2.